The number of esters is 3. The molecule has 0 saturated heterocycles. The van der Waals surface area contributed by atoms with Crippen molar-refractivity contribution in [2.24, 2.45) is 16.7 Å². The Kier molecular flexibility index (Phi) is 12.6. The number of hydrogen-bond acceptors (Lipinski definition) is 8. The molecule has 0 aliphatic heterocycles. The Morgan fingerprint density at radius 3 is 1.83 bits per heavy atom. The number of carbonyl (C=O) groups is 3. The molecule has 0 aromatic carbocycles. The van der Waals surface area contributed by atoms with Crippen LogP contribution < -0.4 is 0 Å². The van der Waals surface area contributed by atoms with Gasteiger partial charge in [0, 0.05) is 23.6 Å². The van der Waals surface area contributed by atoms with E-state index in [1.165, 1.54) is 18.9 Å². The van der Waals surface area contributed by atoms with Crippen molar-refractivity contribution >= 4 is 17.9 Å². The first kappa shape index (κ1) is 31.6. The molecule has 2 bridgehead atoms. The van der Waals surface area contributed by atoms with Crippen LogP contribution in [-0.2, 0) is 38.1 Å². The Balaban J connectivity index is 0.000000377. The zero-order valence-electron chi connectivity index (χ0n) is 22.7. The fraction of sp³-hybridized carbons (Fsp3) is 0.679. The Morgan fingerprint density at radius 2 is 1.36 bits per heavy atom. The van der Waals surface area contributed by atoms with Crippen molar-refractivity contribution < 1.29 is 38.1 Å². The second kappa shape index (κ2) is 14.3. The molecule has 0 heterocycles. The molecule has 0 aromatic rings. The lowest BCUT2D eigenvalue weighted by atomic mass is 9.70. The highest BCUT2D eigenvalue weighted by Gasteiger charge is 2.62. The summed E-state index contributed by atoms with van der Waals surface area (Å²) < 4.78 is 26.2. The normalized spacial score (nSPS) is 25.8. The third kappa shape index (κ3) is 8.89. The molecule has 8 heteroatoms. The molecule has 6 unspecified atom stereocenters. The summed E-state index contributed by atoms with van der Waals surface area (Å²) in [6, 6.07) is 0. The maximum atomic E-state index is 11.3. The Bertz CT molecular complexity index is 788. The van der Waals surface area contributed by atoms with Gasteiger partial charge in [-0.05, 0) is 51.4 Å². The minimum atomic E-state index is -0.479. The molecule has 0 spiro atoms. The van der Waals surface area contributed by atoms with Crippen LogP contribution in [0.5, 0.6) is 0 Å². The second-order valence-electron chi connectivity index (χ2n) is 10.3. The Hall–Kier alpha value is -2.45. The van der Waals surface area contributed by atoms with E-state index >= 15 is 0 Å². The van der Waals surface area contributed by atoms with Crippen molar-refractivity contribution in [3.8, 4) is 0 Å². The Morgan fingerprint density at radius 1 is 0.833 bits per heavy atom. The van der Waals surface area contributed by atoms with E-state index in [9.17, 15) is 14.4 Å². The summed E-state index contributed by atoms with van der Waals surface area (Å²) in [6.45, 7) is 23.1. The summed E-state index contributed by atoms with van der Waals surface area (Å²) in [6.07, 6.45) is 6.29. The van der Waals surface area contributed by atoms with Gasteiger partial charge in [0.05, 0.1) is 25.4 Å². The monoisotopic (exact) mass is 508 g/mol. The first-order chi connectivity index (χ1) is 16.8. The zero-order valence-corrected chi connectivity index (χ0v) is 22.7. The molecule has 36 heavy (non-hydrogen) atoms. The van der Waals surface area contributed by atoms with Crippen molar-refractivity contribution in [3.05, 3.63) is 38.0 Å². The average Bonchev–Trinajstić information content (AvgIpc) is 3.18. The molecular weight excluding hydrogens is 464 g/mol. The first-order valence-corrected chi connectivity index (χ1v) is 12.5. The Labute approximate surface area is 216 Å². The average molecular weight is 509 g/mol. The van der Waals surface area contributed by atoms with Gasteiger partial charge in [0.25, 0.3) is 0 Å². The van der Waals surface area contributed by atoms with E-state index in [2.05, 4.69) is 40.5 Å². The fourth-order valence-corrected chi connectivity index (χ4v) is 4.73. The van der Waals surface area contributed by atoms with Crippen LogP contribution in [0, 0.1) is 16.7 Å². The molecule has 2 aliphatic carbocycles. The highest BCUT2D eigenvalue weighted by atomic mass is 16.6. The van der Waals surface area contributed by atoms with Crippen LogP contribution in [0.3, 0.4) is 0 Å². The van der Waals surface area contributed by atoms with Crippen LogP contribution in [-0.4, -0.2) is 62.1 Å². The largest absolute Gasteiger partial charge is 0.460 e. The summed E-state index contributed by atoms with van der Waals surface area (Å²) in [5.41, 5.74) is 0.468. The van der Waals surface area contributed by atoms with Gasteiger partial charge in [-0.15, -0.1) is 0 Å². The predicted molar refractivity (Wildman–Crippen MR) is 137 cm³/mol. The number of carbonyl (C=O) groups excluding carboxylic acids is 3. The molecule has 2 saturated carbocycles. The molecule has 2 aliphatic rings. The standard InChI is InChI=1S/C15H24O6.C13H20O2/c1-6-14(16)20-9-12(4)18-8-11(3)19-10-13(5)21-15(17)7-2;1-5-11(14)15-10-8-9-6-7-13(10,4)12(9,2)3/h6-7,11-13H,1-2,8-10H2,3-5H3;5,9-10H,1,6-8H2,2-4H3. The summed E-state index contributed by atoms with van der Waals surface area (Å²) in [5, 5.41) is 0. The van der Waals surface area contributed by atoms with Gasteiger partial charge in [0.1, 0.15) is 18.8 Å². The van der Waals surface area contributed by atoms with Crippen LogP contribution in [0.4, 0.5) is 0 Å². The highest BCUT2D eigenvalue weighted by molar-refractivity contribution is 5.82. The molecule has 0 radical (unpaired) electrons. The number of hydrogen-bond donors (Lipinski definition) is 0. The van der Waals surface area contributed by atoms with Gasteiger partial charge >= 0.3 is 17.9 Å². The summed E-state index contributed by atoms with van der Waals surface area (Å²) in [5.74, 6) is -0.519. The highest BCUT2D eigenvalue weighted by Crippen LogP contribution is 2.66. The van der Waals surface area contributed by atoms with E-state index in [0.29, 0.717) is 17.9 Å². The molecular formula is C28H44O8. The van der Waals surface area contributed by atoms with Gasteiger partial charge in [-0.25, -0.2) is 14.4 Å². The van der Waals surface area contributed by atoms with Crippen LogP contribution in [0.15, 0.2) is 38.0 Å². The van der Waals surface area contributed by atoms with E-state index in [0.717, 1.165) is 18.6 Å². The maximum absolute atomic E-state index is 11.3. The molecule has 6 atom stereocenters. The smallest absolute Gasteiger partial charge is 0.330 e. The third-order valence-corrected chi connectivity index (χ3v) is 7.48. The van der Waals surface area contributed by atoms with Crippen molar-refractivity contribution in [2.45, 2.75) is 85.2 Å². The fourth-order valence-electron chi connectivity index (χ4n) is 4.73. The molecule has 0 N–H and O–H groups in total. The van der Waals surface area contributed by atoms with E-state index in [-0.39, 0.29) is 49.0 Å². The van der Waals surface area contributed by atoms with Crippen molar-refractivity contribution in [3.63, 3.8) is 0 Å². The minimum absolute atomic E-state index is 0.0942. The molecule has 2 fully saturated rings. The summed E-state index contributed by atoms with van der Waals surface area (Å²) in [4.78, 5) is 33.1. The second-order valence-corrected chi connectivity index (χ2v) is 10.3. The summed E-state index contributed by atoms with van der Waals surface area (Å²) >= 11 is 0. The van der Waals surface area contributed by atoms with Gasteiger partial charge in [0.2, 0.25) is 0 Å². The van der Waals surface area contributed by atoms with Gasteiger partial charge < -0.3 is 23.7 Å². The first-order valence-electron chi connectivity index (χ1n) is 12.5. The lowest BCUT2D eigenvalue weighted by molar-refractivity contribution is -0.150. The van der Waals surface area contributed by atoms with Crippen LogP contribution in [0.2, 0.25) is 0 Å². The van der Waals surface area contributed by atoms with Crippen LogP contribution >= 0.6 is 0 Å². The van der Waals surface area contributed by atoms with Gasteiger partial charge in [-0.1, -0.05) is 40.5 Å². The molecule has 0 aromatic heterocycles. The minimum Gasteiger partial charge on any atom is -0.460 e. The molecule has 204 valence electrons. The van der Waals surface area contributed by atoms with Gasteiger partial charge in [0.15, 0.2) is 0 Å². The van der Waals surface area contributed by atoms with Crippen LogP contribution in [0.1, 0.15) is 60.8 Å². The summed E-state index contributed by atoms with van der Waals surface area (Å²) in [7, 11) is 0. The van der Waals surface area contributed by atoms with E-state index in [1.54, 1.807) is 13.8 Å². The number of rotatable bonds is 13. The van der Waals surface area contributed by atoms with E-state index in [4.69, 9.17) is 23.7 Å². The maximum Gasteiger partial charge on any atom is 0.330 e. The molecule has 2 rings (SSSR count). The number of fused-ring (bicyclic) bond motifs is 2. The quantitative estimate of drug-likeness (QED) is 0.203. The lowest BCUT2D eigenvalue weighted by Crippen LogP contribution is -2.38. The van der Waals surface area contributed by atoms with Gasteiger partial charge in [-0.2, -0.15) is 0 Å². The predicted octanol–water partition coefficient (Wildman–Crippen LogP) is 4.57. The molecule has 0 amide bonds. The number of ether oxygens (including phenoxy) is 5. The third-order valence-electron chi connectivity index (χ3n) is 7.48. The zero-order chi connectivity index (χ0) is 27.5. The SMILES string of the molecule is C=CC(=O)OC1CC2CCC1(C)C2(C)C.C=CC(=O)OCC(C)OCC(C)OCC(C)OC(=O)C=C. The molecule has 8 nitrogen and oxygen atoms in total. The van der Waals surface area contributed by atoms with Crippen molar-refractivity contribution in [1.29, 1.82) is 0 Å². The van der Waals surface area contributed by atoms with Crippen molar-refractivity contribution in [2.75, 3.05) is 19.8 Å². The topological polar surface area (TPSA) is 97.4 Å². The van der Waals surface area contributed by atoms with E-state index in [1.807, 2.05) is 6.92 Å². The van der Waals surface area contributed by atoms with Crippen LogP contribution in [0.25, 0.3) is 0 Å². The van der Waals surface area contributed by atoms with E-state index < -0.39 is 11.9 Å². The lowest BCUT2D eigenvalue weighted by Gasteiger charge is -2.38. The van der Waals surface area contributed by atoms with Crippen molar-refractivity contribution in [1.82, 2.24) is 0 Å². The van der Waals surface area contributed by atoms with Gasteiger partial charge in [-0.3, -0.25) is 0 Å².